The molecular weight excluding hydrogens is 140 g/mol. The smallest absolute Gasteiger partial charge is 0.112 e. The van der Waals surface area contributed by atoms with Crippen LogP contribution in [0, 0.1) is 6.92 Å². The van der Waals surface area contributed by atoms with E-state index in [2.05, 4.69) is 0 Å². The van der Waals surface area contributed by atoms with Gasteiger partial charge in [-0.1, -0.05) is 0 Å². The van der Waals surface area contributed by atoms with Crippen molar-refractivity contribution in [2.75, 3.05) is 6.61 Å². The van der Waals surface area contributed by atoms with Crippen LogP contribution in [0.5, 0.6) is 0 Å². The van der Waals surface area contributed by atoms with Crippen molar-refractivity contribution in [3.8, 4) is 0 Å². The molecule has 2 nitrogen and oxygen atoms in total. The molecule has 0 aromatic carbocycles. The molecule has 0 aliphatic heterocycles. The van der Waals surface area contributed by atoms with Crippen molar-refractivity contribution < 1.29 is 9.52 Å². The lowest BCUT2D eigenvalue weighted by Gasteiger charge is -2.05. The van der Waals surface area contributed by atoms with Gasteiger partial charge in [-0.3, -0.25) is 0 Å². The zero-order valence-corrected chi connectivity index (χ0v) is 6.63. The first-order chi connectivity index (χ1) is 5.27. The molecule has 1 heterocycles. The van der Waals surface area contributed by atoms with Crippen LogP contribution < -0.4 is 0 Å². The minimum atomic E-state index is -0.00569. The summed E-state index contributed by atoms with van der Waals surface area (Å²) in [6.07, 6.45) is 2.13. The molecule has 2 rings (SSSR count). The van der Waals surface area contributed by atoms with Crippen LogP contribution in [0.1, 0.15) is 24.4 Å². The van der Waals surface area contributed by atoms with Crippen molar-refractivity contribution >= 4 is 0 Å². The Bertz CT molecular complexity index is 258. The normalized spacial score (nSPS) is 20.2. The molecule has 1 fully saturated rings. The third-order valence-corrected chi connectivity index (χ3v) is 2.42. The molecule has 60 valence electrons. The summed E-state index contributed by atoms with van der Waals surface area (Å²) in [4.78, 5) is 0. The van der Waals surface area contributed by atoms with E-state index in [0.29, 0.717) is 0 Å². The van der Waals surface area contributed by atoms with Crippen molar-refractivity contribution in [2.24, 2.45) is 0 Å². The predicted octanol–water partition coefficient (Wildman–Crippen LogP) is 1.61. The molecule has 1 aromatic rings. The van der Waals surface area contributed by atoms with E-state index in [4.69, 9.17) is 9.52 Å². The maximum atomic E-state index is 9.06. The molecule has 1 aliphatic carbocycles. The summed E-state index contributed by atoms with van der Waals surface area (Å²) in [5.74, 6) is 1.89. The average Bonchev–Trinajstić information content (AvgIpc) is 2.70. The number of hydrogen-bond acceptors (Lipinski definition) is 2. The fourth-order valence-electron chi connectivity index (χ4n) is 1.35. The predicted molar refractivity (Wildman–Crippen MR) is 41.4 cm³/mol. The van der Waals surface area contributed by atoms with E-state index in [1.165, 1.54) is 0 Å². The molecule has 11 heavy (non-hydrogen) atoms. The standard InChI is InChI=1S/C9H12O2/c1-7-2-3-8(11-7)9(6-10)4-5-9/h2-3,10H,4-6H2,1H3. The Morgan fingerprint density at radius 3 is 2.64 bits per heavy atom. The number of furan rings is 1. The topological polar surface area (TPSA) is 33.4 Å². The second kappa shape index (κ2) is 2.11. The van der Waals surface area contributed by atoms with Gasteiger partial charge in [0, 0.05) is 0 Å². The maximum absolute atomic E-state index is 9.06. The van der Waals surface area contributed by atoms with Crippen LogP contribution in [0.3, 0.4) is 0 Å². The first-order valence-electron chi connectivity index (χ1n) is 3.95. The molecule has 0 atom stereocenters. The van der Waals surface area contributed by atoms with Crippen LogP contribution >= 0.6 is 0 Å². The van der Waals surface area contributed by atoms with Crippen LogP contribution in [-0.2, 0) is 5.41 Å². The lowest BCUT2D eigenvalue weighted by Crippen LogP contribution is -2.10. The molecular formula is C9H12O2. The quantitative estimate of drug-likeness (QED) is 0.698. The maximum Gasteiger partial charge on any atom is 0.112 e. The van der Waals surface area contributed by atoms with E-state index in [0.717, 1.165) is 24.4 Å². The Hall–Kier alpha value is -0.760. The zero-order chi connectivity index (χ0) is 7.90. The van der Waals surface area contributed by atoms with Crippen molar-refractivity contribution in [1.82, 2.24) is 0 Å². The highest BCUT2D eigenvalue weighted by atomic mass is 16.3. The van der Waals surface area contributed by atoms with Gasteiger partial charge < -0.3 is 9.52 Å². The van der Waals surface area contributed by atoms with Gasteiger partial charge in [-0.15, -0.1) is 0 Å². The van der Waals surface area contributed by atoms with E-state index >= 15 is 0 Å². The van der Waals surface area contributed by atoms with Crippen molar-refractivity contribution in [2.45, 2.75) is 25.2 Å². The molecule has 1 saturated carbocycles. The monoisotopic (exact) mass is 152 g/mol. The minimum Gasteiger partial charge on any atom is -0.466 e. The highest BCUT2D eigenvalue weighted by Gasteiger charge is 2.46. The SMILES string of the molecule is Cc1ccc(C2(CO)CC2)o1. The number of hydrogen-bond donors (Lipinski definition) is 1. The summed E-state index contributed by atoms with van der Waals surface area (Å²) in [6, 6.07) is 3.92. The van der Waals surface area contributed by atoms with Crippen LogP contribution in [0.4, 0.5) is 0 Å². The summed E-state index contributed by atoms with van der Waals surface area (Å²) in [6.45, 7) is 2.15. The molecule has 0 radical (unpaired) electrons. The van der Waals surface area contributed by atoms with Gasteiger partial charge in [0.15, 0.2) is 0 Å². The Morgan fingerprint density at radius 2 is 2.27 bits per heavy atom. The highest BCUT2D eigenvalue weighted by molar-refractivity contribution is 5.23. The van der Waals surface area contributed by atoms with Gasteiger partial charge in [-0.05, 0) is 31.9 Å². The van der Waals surface area contributed by atoms with Crippen LogP contribution in [0.15, 0.2) is 16.5 Å². The molecule has 1 aromatic heterocycles. The Labute approximate surface area is 65.8 Å². The second-order valence-electron chi connectivity index (χ2n) is 3.35. The van der Waals surface area contributed by atoms with Gasteiger partial charge in [0.2, 0.25) is 0 Å². The Morgan fingerprint density at radius 1 is 1.55 bits per heavy atom. The lowest BCUT2D eigenvalue weighted by atomic mass is 10.1. The van der Waals surface area contributed by atoms with Gasteiger partial charge in [0.25, 0.3) is 0 Å². The first-order valence-corrected chi connectivity index (χ1v) is 3.95. The summed E-state index contributed by atoms with van der Waals surface area (Å²) in [5.41, 5.74) is -0.00569. The van der Waals surface area contributed by atoms with Crippen LogP contribution in [-0.4, -0.2) is 11.7 Å². The third kappa shape index (κ3) is 0.979. The molecule has 0 saturated heterocycles. The van der Waals surface area contributed by atoms with Crippen LogP contribution in [0.2, 0.25) is 0 Å². The summed E-state index contributed by atoms with van der Waals surface area (Å²) >= 11 is 0. The van der Waals surface area contributed by atoms with E-state index in [9.17, 15) is 0 Å². The van der Waals surface area contributed by atoms with E-state index in [1.807, 2.05) is 19.1 Å². The van der Waals surface area contributed by atoms with Crippen molar-refractivity contribution in [1.29, 1.82) is 0 Å². The molecule has 0 spiro atoms. The number of rotatable bonds is 2. The fourth-order valence-corrected chi connectivity index (χ4v) is 1.35. The van der Waals surface area contributed by atoms with Gasteiger partial charge in [-0.2, -0.15) is 0 Å². The van der Waals surface area contributed by atoms with E-state index in [-0.39, 0.29) is 12.0 Å². The Kier molecular flexibility index (Phi) is 1.33. The van der Waals surface area contributed by atoms with Gasteiger partial charge in [-0.25, -0.2) is 0 Å². The van der Waals surface area contributed by atoms with E-state index < -0.39 is 0 Å². The molecule has 1 N–H and O–H groups in total. The summed E-state index contributed by atoms with van der Waals surface area (Å²) < 4.78 is 5.44. The lowest BCUT2D eigenvalue weighted by molar-refractivity contribution is 0.236. The summed E-state index contributed by atoms with van der Waals surface area (Å²) in [5, 5.41) is 9.06. The van der Waals surface area contributed by atoms with Gasteiger partial charge in [0.1, 0.15) is 11.5 Å². The zero-order valence-electron chi connectivity index (χ0n) is 6.63. The summed E-state index contributed by atoms with van der Waals surface area (Å²) in [7, 11) is 0. The van der Waals surface area contributed by atoms with Crippen molar-refractivity contribution in [3.63, 3.8) is 0 Å². The second-order valence-corrected chi connectivity index (χ2v) is 3.35. The third-order valence-electron chi connectivity index (χ3n) is 2.42. The average molecular weight is 152 g/mol. The molecule has 0 unspecified atom stereocenters. The number of aliphatic hydroxyl groups is 1. The minimum absolute atomic E-state index is 0.00569. The molecule has 0 bridgehead atoms. The van der Waals surface area contributed by atoms with Gasteiger partial charge in [0.05, 0.1) is 12.0 Å². The molecule has 1 aliphatic rings. The first kappa shape index (κ1) is 6.92. The van der Waals surface area contributed by atoms with Crippen LogP contribution in [0.25, 0.3) is 0 Å². The fraction of sp³-hybridized carbons (Fsp3) is 0.556. The Balaban J connectivity index is 2.29. The largest absolute Gasteiger partial charge is 0.466 e. The molecule has 0 amide bonds. The van der Waals surface area contributed by atoms with E-state index in [1.54, 1.807) is 0 Å². The number of aryl methyl sites for hydroxylation is 1. The van der Waals surface area contributed by atoms with Gasteiger partial charge >= 0.3 is 0 Å². The number of aliphatic hydroxyl groups excluding tert-OH is 1. The molecule has 2 heteroatoms. The van der Waals surface area contributed by atoms with Crippen molar-refractivity contribution in [3.05, 3.63) is 23.7 Å². The highest BCUT2D eigenvalue weighted by Crippen LogP contribution is 2.48.